The maximum Gasteiger partial charge on any atom is 0.0900 e. The van der Waals surface area contributed by atoms with Gasteiger partial charge in [-0.15, -0.1) is 0 Å². The summed E-state index contributed by atoms with van der Waals surface area (Å²) in [6.07, 6.45) is 0.855. The summed E-state index contributed by atoms with van der Waals surface area (Å²) in [6, 6.07) is 20.9. The lowest BCUT2D eigenvalue weighted by Gasteiger charge is -2.36. The van der Waals surface area contributed by atoms with Gasteiger partial charge in [0, 0.05) is 25.6 Å². The Morgan fingerprint density at radius 2 is 1.41 bits per heavy atom. The van der Waals surface area contributed by atoms with Crippen LogP contribution in [0.3, 0.4) is 0 Å². The van der Waals surface area contributed by atoms with Gasteiger partial charge in [-0.3, -0.25) is 0 Å². The molecule has 0 spiro atoms. The van der Waals surface area contributed by atoms with Gasteiger partial charge >= 0.3 is 0 Å². The maximum atomic E-state index is 10.5. The first kappa shape index (κ1) is 20.1. The van der Waals surface area contributed by atoms with Crippen molar-refractivity contribution in [2.24, 2.45) is 11.8 Å². The largest absolute Gasteiger partial charge is 0.389 e. The third kappa shape index (κ3) is 6.17. The van der Waals surface area contributed by atoms with Crippen LogP contribution in [-0.2, 0) is 4.74 Å². The summed E-state index contributed by atoms with van der Waals surface area (Å²) in [7, 11) is 0. The predicted octanol–water partition coefficient (Wildman–Crippen LogP) is 4.17. The zero-order chi connectivity index (χ0) is 19.1. The molecule has 2 aromatic carbocycles. The molecular formula is C24H33NO2. The predicted molar refractivity (Wildman–Crippen MR) is 111 cm³/mol. The molecule has 3 atom stereocenters. The molecule has 1 heterocycles. The molecular weight excluding hydrogens is 334 g/mol. The number of hydrogen-bond donors (Lipinski definition) is 1. The van der Waals surface area contributed by atoms with Gasteiger partial charge in [0.2, 0.25) is 0 Å². The molecule has 1 N–H and O–H groups in total. The van der Waals surface area contributed by atoms with Crippen LogP contribution in [0.1, 0.15) is 37.3 Å². The van der Waals surface area contributed by atoms with Crippen molar-refractivity contribution in [1.82, 2.24) is 4.90 Å². The van der Waals surface area contributed by atoms with E-state index < -0.39 is 6.10 Å². The number of nitrogens with zero attached hydrogens (tertiary/aromatic N) is 1. The number of hydrogen-bond acceptors (Lipinski definition) is 3. The molecule has 3 rings (SSSR count). The molecule has 1 fully saturated rings. The highest BCUT2D eigenvalue weighted by Crippen LogP contribution is 2.25. The normalized spacial score (nSPS) is 22.1. The number of benzene rings is 2. The minimum Gasteiger partial charge on any atom is -0.389 e. The first-order valence-electron chi connectivity index (χ1n) is 10.2. The summed E-state index contributed by atoms with van der Waals surface area (Å²) in [5.41, 5.74) is 2.49. The van der Waals surface area contributed by atoms with E-state index in [-0.39, 0.29) is 5.92 Å². The highest BCUT2D eigenvalue weighted by molar-refractivity contribution is 5.32. The summed E-state index contributed by atoms with van der Waals surface area (Å²) in [6.45, 7) is 8.44. The molecule has 1 saturated heterocycles. The fraction of sp³-hybridized carbons (Fsp3) is 0.500. The lowest BCUT2D eigenvalue weighted by atomic mass is 9.92. The van der Waals surface area contributed by atoms with Gasteiger partial charge in [-0.25, -0.2) is 0 Å². The van der Waals surface area contributed by atoms with Crippen molar-refractivity contribution in [3.63, 3.8) is 0 Å². The molecule has 0 saturated carbocycles. The summed E-state index contributed by atoms with van der Waals surface area (Å²) in [5.74, 6) is 1.61. The third-order valence-electron chi connectivity index (χ3n) is 5.41. The van der Waals surface area contributed by atoms with E-state index in [4.69, 9.17) is 4.74 Å². The number of aliphatic hydroxyl groups excluding tert-OH is 1. The fourth-order valence-corrected chi connectivity index (χ4v) is 4.37. The smallest absolute Gasteiger partial charge is 0.0900 e. The zero-order valence-corrected chi connectivity index (χ0v) is 16.6. The Hall–Kier alpha value is -1.68. The van der Waals surface area contributed by atoms with Gasteiger partial charge in [0.25, 0.3) is 0 Å². The molecule has 27 heavy (non-hydrogen) atoms. The van der Waals surface area contributed by atoms with Crippen molar-refractivity contribution >= 4 is 0 Å². The summed E-state index contributed by atoms with van der Waals surface area (Å²) < 4.78 is 5.98. The van der Waals surface area contributed by atoms with Crippen LogP contribution in [0, 0.1) is 11.8 Å². The average molecular weight is 368 g/mol. The minimum atomic E-state index is -0.435. The van der Waals surface area contributed by atoms with E-state index >= 15 is 0 Å². The summed E-state index contributed by atoms with van der Waals surface area (Å²) in [4.78, 5) is 2.39. The monoisotopic (exact) mass is 367 g/mol. The average Bonchev–Trinajstić information content (AvgIpc) is 2.66. The van der Waals surface area contributed by atoms with Crippen LogP contribution in [-0.4, -0.2) is 49.0 Å². The lowest BCUT2D eigenvalue weighted by molar-refractivity contribution is 0.00289. The van der Waals surface area contributed by atoms with Crippen LogP contribution >= 0.6 is 0 Å². The molecule has 1 aliphatic rings. The van der Waals surface area contributed by atoms with Crippen molar-refractivity contribution in [2.75, 3.05) is 32.8 Å². The van der Waals surface area contributed by atoms with Crippen LogP contribution in [0.15, 0.2) is 60.7 Å². The Balaban J connectivity index is 1.53. The van der Waals surface area contributed by atoms with E-state index in [2.05, 4.69) is 67.3 Å². The number of likely N-dealkylation sites (tertiary alicyclic amines) is 1. The van der Waals surface area contributed by atoms with Crippen molar-refractivity contribution in [2.45, 2.75) is 32.3 Å². The van der Waals surface area contributed by atoms with Crippen molar-refractivity contribution in [1.29, 1.82) is 0 Å². The molecule has 0 aliphatic carbocycles. The second kappa shape index (κ2) is 10.0. The quantitative estimate of drug-likeness (QED) is 0.760. The van der Waals surface area contributed by atoms with Crippen LogP contribution in [0.4, 0.5) is 0 Å². The van der Waals surface area contributed by atoms with Crippen LogP contribution in [0.2, 0.25) is 0 Å². The van der Waals surface area contributed by atoms with Gasteiger partial charge < -0.3 is 14.7 Å². The fourth-order valence-electron chi connectivity index (χ4n) is 4.37. The number of rotatable bonds is 8. The highest BCUT2D eigenvalue weighted by atomic mass is 16.5. The molecule has 0 amide bonds. The maximum absolute atomic E-state index is 10.5. The first-order valence-corrected chi connectivity index (χ1v) is 10.2. The van der Waals surface area contributed by atoms with E-state index in [0.717, 1.165) is 13.1 Å². The number of ether oxygens (including phenoxy) is 1. The van der Waals surface area contributed by atoms with E-state index in [1.165, 1.54) is 17.5 Å². The van der Waals surface area contributed by atoms with Gasteiger partial charge in [-0.2, -0.15) is 0 Å². The van der Waals surface area contributed by atoms with Gasteiger partial charge in [0.1, 0.15) is 0 Å². The second-order valence-corrected chi connectivity index (χ2v) is 8.23. The topological polar surface area (TPSA) is 32.7 Å². The molecule has 3 nitrogen and oxygen atoms in total. The Morgan fingerprint density at radius 1 is 0.889 bits per heavy atom. The van der Waals surface area contributed by atoms with E-state index in [1.54, 1.807) is 0 Å². The standard InChI is InChI=1S/C24H33NO2/c1-19-13-20(2)15-25(14-19)16-23(26)17-27-18-24(21-9-5-3-6-10-21)22-11-7-4-8-12-22/h3-12,19-20,23-24,26H,13-18H2,1-2H3/t19-,20+,23-/m0/s1. The molecule has 0 radical (unpaired) electrons. The zero-order valence-electron chi connectivity index (χ0n) is 16.6. The van der Waals surface area contributed by atoms with Crippen molar-refractivity contribution < 1.29 is 9.84 Å². The molecule has 3 heteroatoms. The molecule has 1 aliphatic heterocycles. The summed E-state index contributed by atoms with van der Waals surface area (Å²) >= 11 is 0. The van der Waals surface area contributed by atoms with Gasteiger partial charge in [0.15, 0.2) is 0 Å². The van der Waals surface area contributed by atoms with Crippen LogP contribution < -0.4 is 0 Å². The molecule has 0 aromatic heterocycles. The third-order valence-corrected chi connectivity index (χ3v) is 5.41. The Kier molecular flexibility index (Phi) is 7.45. The Bertz CT molecular complexity index is 611. The lowest BCUT2D eigenvalue weighted by Crippen LogP contribution is -2.43. The molecule has 0 bridgehead atoms. The van der Waals surface area contributed by atoms with Crippen LogP contribution in [0.5, 0.6) is 0 Å². The Morgan fingerprint density at radius 3 is 1.93 bits per heavy atom. The molecule has 146 valence electrons. The Labute approximate surface area is 164 Å². The number of β-amino-alcohol motifs (C(OH)–C–C–N with tert-alkyl or cyclic N) is 1. The molecule has 0 unspecified atom stereocenters. The van der Waals surface area contributed by atoms with E-state index in [9.17, 15) is 5.11 Å². The van der Waals surface area contributed by atoms with Gasteiger partial charge in [0.05, 0.1) is 19.3 Å². The second-order valence-electron chi connectivity index (χ2n) is 8.23. The van der Waals surface area contributed by atoms with Crippen molar-refractivity contribution in [3.8, 4) is 0 Å². The van der Waals surface area contributed by atoms with Crippen LogP contribution in [0.25, 0.3) is 0 Å². The first-order chi connectivity index (χ1) is 13.1. The van der Waals surface area contributed by atoms with Crippen molar-refractivity contribution in [3.05, 3.63) is 71.8 Å². The van der Waals surface area contributed by atoms with Gasteiger partial charge in [-0.1, -0.05) is 74.5 Å². The number of aliphatic hydroxyl groups is 1. The van der Waals surface area contributed by atoms with Gasteiger partial charge in [-0.05, 0) is 29.4 Å². The summed E-state index contributed by atoms with van der Waals surface area (Å²) in [5, 5.41) is 10.5. The number of piperidine rings is 1. The van der Waals surface area contributed by atoms with E-state index in [0.29, 0.717) is 31.6 Å². The highest BCUT2D eigenvalue weighted by Gasteiger charge is 2.23. The molecule has 2 aromatic rings. The minimum absolute atomic E-state index is 0.189. The van der Waals surface area contributed by atoms with E-state index in [1.807, 2.05) is 12.1 Å². The SMILES string of the molecule is C[C@@H]1C[C@H](C)CN(C[C@H](O)COCC(c2ccccc2)c2ccccc2)C1.